The van der Waals surface area contributed by atoms with E-state index in [1.54, 1.807) is 6.07 Å². The van der Waals surface area contributed by atoms with Crippen LogP contribution < -0.4 is 11.2 Å². The van der Waals surface area contributed by atoms with Gasteiger partial charge in [0.05, 0.1) is 11.4 Å². The van der Waals surface area contributed by atoms with Crippen LogP contribution in [0.4, 0.5) is 10.1 Å². The zero-order chi connectivity index (χ0) is 18.8. The van der Waals surface area contributed by atoms with Gasteiger partial charge in [-0.05, 0) is 64.8 Å². The van der Waals surface area contributed by atoms with E-state index >= 15 is 0 Å². The van der Waals surface area contributed by atoms with Gasteiger partial charge in [0.2, 0.25) is 5.88 Å². The summed E-state index contributed by atoms with van der Waals surface area (Å²) in [5, 5.41) is 10.4. The third-order valence-electron chi connectivity index (χ3n) is 3.64. The van der Waals surface area contributed by atoms with Crippen molar-refractivity contribution in [2.24, 2.45) is 4.99 Å². The van der Waals surface area contributed by atoms with Gasteiger partial charge in [-0.25, -0.2) is 13.8 Å². The van der Waals surface area contributed by atoms with Crippen LogP contribution in [0.15, 0.2) is 61.5 Å². The number of aromatic amines is 1. The van der Waals surface area contributed by atoms with Gasteiger partial charge >= 0.3 is 5.69 Å². The largest absolute Gasteiger partial charge is 0.493 e. The first-order valence-corrected chi connectivity index (χ1v) is 8.30. The predicted molar refractivity (Wildman–Crippen MR) is 100 cm³/mol. The maximum Gasteiger partial charge on any atom is 0.335 e. The highest BCUT2D eigenvalue weighted by atomic mass is 79.9. The lowest BCUT2D eigenvalue weighted by atomic mass is 10.2. The van der Waals surface area contributed by atoms with Gasteiger partial charge < -0.3 is 5.11 Å². The molecule has 2 N–H and O–H groups in total. The first-order valence-electron chi connectivity index (χ1n) is 7.51. The molecule has 0 radical (unpaired) electrons. The fourth-order valence-electron chi connectivity index (χ4n) is 2.34. The molecule has 0 amide bonds. The fourth-order valence-corrected chi connectivity index (χ4v) is 2.93. The van der Waals surface area contributed by atoms with Crippen molar-refractivity contribution in [2.75, 3.05) is 0 Å². The van der Waals surface area contributed by atoms with E-state index < -0.39 is 22.9 Å². The van der Waals surface area contributed by atoms with Crippen LogP contribution in [0.1, 0.15) is 11.1 Å². The third kappa shape index (κ3) is 3.50. The molecule has 0 aliphatic rings. The van der Waals surface area contributed by atoms with Gasteiger partial charge in [-0.1, -0.05) is 6.07 Å². The monoisotopic (exact) mass is 417 g/mol. The molecule has 6 nitrogen and oxygen atoms in total. The Kier molecular flexibility index (Phi) is 4.85. The number of benzene rings is 2. The number of hydrogen-bond donors (Lipinski definition) is 2. The number of halogens is 2. The average Bonchev–Trinajstić information content (AvgIpc) is 2.57. The van der Waals surface area contributed by atoms with Gasteiger partial charge in [-0.2, -0.15) is 0 Å². The molecule has 0 unspecified atom stereocenters. The van der Waals surface area contributed by atoms with Gasteiger partial charge in [0.25, 0.3) is 5.56 Å². The first-order chi connectivity index (χ1) is 12.4. The molecule has 8 heteroatoms. The zero-order valence-electron chi connectivity index (χ0n) is 13.5. The molecule has 1 heterocycles. The highest BCUT2D eigenvalue weighted by molar-refractivity contribution is 9.10. The Balaban J connectivity index is 2.12. The molecule has 0 fully saturated rings. The molecule has 0 aliphatic carbocycles. The van der Waals surface area contributed by atoms with Crippen molar-refractivity contribution >= 4 is 27.8 Å². The summed E-state index contributed by atoms with van der Waals surface area (Å²) in [5.74, 6) is -1.07. The summed E-state index contributed by atoms with van der Waals surface area (Å²) in [7, 11) is 0. The first kappa shape index (κ1) is 17.8. The molecule has 1 aromatic heterocycles. The van der Waals surface area contributed by atoms with Crippen LogP contribution in [-0.2, 0) is 0 Å². The molecular formula is C18H13BrFN3O3. The van der Waals surface area contributed by atoms with Gasteiger partial charge in [-0.3, -0.25) is 14.8 Å². The van der Waals surface area contributed by atoms with Crippen LogP contribution in [0.2, 0.25) is 0 Å². The van der Waals surface area contributed by atoms with E-state index in [2.05, 4.69) is 25.9 Å². The molecule has 3 rings (SSSR count). The maximum absolute atomic E-state index is 13.1. The van der Waals surface area contributed by atoms with Crippen LogP contribution in [0.25, 0.3) is 5.69 Å². The average molecular weight is 418 g/mol. The second-order valence-electron chi connectivity index (χ2n) is 5.52. The minimum absolute atomic E-state index is 0.193. The molecule has 26 heavy (non-hydrogen) atoms. The summed E-state index contributed by atoms with van der Waals surface area (Å²) >= 11 is 3.37. The normalized spacial score (nSPS) is 11.2. The van der Waals surface area contributed by atoms with Crippen molar-refractivity contribution in [3.05, 3.63) is 84.7 Å². The Hall–Kier alpha value is -3.00. The Morgan fingerprint density at radius 2 is 1.88 bits per heavy atom. The number of aliphatic imine (C=N–C) groups is 1. The summed E-state index contributed by atoms with van der Waals surface area (Å²) < 4.78 is 14.7. The summed E-state index contributed by atoms with van der Waals surface area (Å²) in [5.41, 5.74) is -0.0290. The zero-order valence-corrected chi connectivity index (χ0v) is 15.1. The minimum Gasteiger partial charge on any atom is -0.493 e. The second kappa shape index (κ2) is 7.09. The van der Waals surface area contributed by atoms with Crippen LogP contribution >= 0.6 is 15.9 Å². The van der Waals surface area contributed by atoms with Crippen molar-refractivity contribution < 1.29 is 9.50 Å². The van der Waals surface area contributed by atoms with Crippen molar-refractivity contribution in [2.45, 2.75) is 6.92 Å². The number of rotatable bonds is 3. The number of aryl methyl sites for hydroxylation is 1. The number of aromatic hydroxyl groups is 1. The van der Waals surface area contributed by atoms with Gasteiger partial charge in [-0.15, -0.1) is 0 Å². The van der Waals surface area contributed by atoms with Gasteiger partial charge in [0.1, 0.15) is 11.4 Å². The lowest BCUT2D eigenvalue weighted by Gasteiger charge is -2.09. The Morgan fingerprint density at radius 3 is 2.54 bits per heavy atom. The maximum atomic E-state index is 13.1. The molecule has 132 valence electrons. The van der Waals surface area contributed by atoms with E-state index in [-0.39, 0.29) is 11.3 Å². The van der Waals surface area contributed by atoms with Crippen molar-refractivity contribution in [3.63, 3.8) is 0 Å². The number of H-pyrrole nitrogens is 1. The lowest BCUT2D eigenvalue weighted by molar-refractivity contribution is 0.430. The van der Waals surface area contributed by atoms with E-state index in [1.807, 2.05) is 19.1 Å². The Morgan fingerprint density at radius 1 is 1.19 bits per heavy atom. The number of nitrogens with zero attached hydrogens (tertiary/aromatic N) is 2. The number of hydrogen-bond acceptors (Lipinski definition) is 4. The van der Waals surface area contributed by atoms with Gasteiger partial charge in [0, 0.05) is 10.7 Å². The standard InChI is InChI=1S/C18H13BrFN3O3/c1-10-2-7-15(14(19)8-10)21-9-13-16(24)22-18(26)23(17(13)25)12-5-3-11(20)4-6-12/h2-9,25H,1H3,(H,22,24,26). The molecular weight excluding hydrogens is 405 g/mol. The smallest absolute Gasteiger partial charge is 0.335 e. The van der Waals surface area contributed by atoms with Crippen molar-refractivity contribution in [3.8, 4) is 11.6 Å². The minimum atomic E-state index is -0.840. The topological polar surface area (TPSA) is 87.4 Å². The lowest BCUT2D eigenvalue weighted by Crippen LogP contribution is -2.31. The van der Waals surface area contributed by atoms with E-state index in [0.29, 0.717) is 5.69 Å². The predicted octanol–water partition coefficient (Wildman–Crippen LogP) is 3.19. The van der Waals surface area contributed by atoms with Gasteiger partial charge in [0.15, 0.2) is 0 Å². The summed E-state index contributed by atoms with van der Waals surface area (Å²) in [6, 6.07) is 10.4. The summed E-state index contributed by atoms with van der Waals surface area (Å²) in [6.45, 7) is 1.92. The summed E-state index contributed by atoms with van der Waals surface area (Å²) in [4.78, 5) is 30.4. The number of nitrogens with one attached hydrogen (secondary N) is 1. The van der Waals surface area contributed by atoms with E-state index in [4.69, 9.17) is 0 Å². The highest BCUT2D eigenvalue weighted by Crippen LogP contribution is 2.26. The molecule has 0 aliphatic heterocycles. The quantitative estimate of drug-likeness (QED) is 0.641. The number of aromatic nitrogens is 2. The SMILES string of the molecule is Cc1ccc(N=Cc2c(O)n(-c3ccc(F)cc3)c(=O)[nH]c2=O)c(Br)c1. The van der Waals surface area contributed by atoms with Crippen LogP contribution in [0.3, 0.4) is 0 Å². The molecule has 3 aromatic rings. The molecule has 0 bridgehead atoms. The Labute approximate surface area is 155 Å². The van der Waals surface area contributed by atoms with E-state index in [9.17, 15) is 19.1 Å². The van der Waals surface area contributed by atoms with Crippen LogP contribution in [0, 0.1) is 12.7 Å². The highest BCUT2D eigenvalue weighted by Gasteiger charge is 2.14. The van der Waals surface area contributed by atoms with Crippen LogP contribution in [-0.4, -0.2) is 20.9 Å². The third-order valence-corrected chi connectivity index (χ3v) is 4.28. The van der Waals surface area contributed by atoms with E-state index in [0.717, 1.165) is 26.7 Å². The molecule has 0 saturated heterocycles. The summed E-state index contributed by atoms with van der Waals surface area (Å²) in [6.07, 6.45) is 1.17. The second-order valence-corrected chi connectivity index (χ2v) is 6.38. The molecule has 0 saturated carbocycles. The Bertz CT molecular complexity index is 1120. The van der Waals surface area contributed by atoms with Crippen LogP contribution in [0.5, 0.6) is 5.88 Å². The molecule has 2 aromatic carbocycles. The van der Waals surface area contributed by atoms with Crippen molar-refractivity contribution in [1.82, 2.24) is 9.55 Å². The van der Waals surface area contributed by atoms with E-state index in [1.165, 1.54) is 18.3 Å². The molecule has 0 spiro atoms. The molecule has 0 atom stereocenters. The van der Waals surface area contributed by atoms with Crippen molar-refractivity contribution in [1.29, 1.82) is 0 Å². The fraction of sp³-hybridized carbons (Fsp3) is 0.0556.